The molecule has 0 spiro atoms. The summed E-state index contributed by atoms with van der Waals surface area (Å²) in [5.41, 5.74) is 2.50. The number of nitrogens with zero attached hydrogens (tertiary/aromatic N) is 1. The fourth-order valence-corrected chi connectivity index (χ4v) is 3.48. The summed E-state index contributed by atoms with van der Waals surface area (Å²) >= 11 is 0. The van der Waals surface area contributed by atoms with Crippen LogP contribution in [0.25, 0.3) is 0 Å². The Morgan fingerprint density at radius 3 is 1.92 bits per heavy atom. The average Bonchev–Trinajstić information content (AvgIpc) is 3.07. The molecule has 2 atom stereocenters. The molecule has 1 aliphatic heterocycles. The third-order valence-corrected chi connectivity index (χ3v) is 4.68. The first-order chi connectivity index (χ1) is 12.6. The minimum atomic E-state index is -0.553. The van der Waals surface area contributed by atoms with Gasteiger partial charge in [0.05, 0.1) is 6.04 Å². The molecule has 1 aliphatic rings. The lowest BCUT2D eigenvalue weighted by Crippen LogP contribution is -2.45. The lowest BCUT2D eigenvalue weighted by Gasteiger charge is -2.35. The Labute approximate surface area is 155 Å². The Bertz CT molecular complexity index is 646. The second-order valence-corrected chi connectivity index (χ2v) is 7.29. The summed E-state index contributed by atoms with van der Waals surface area (Å²) in [4.78, 5) is 13.9. The van der Waals surface area contributed by atoms with Crippen LogP contribution in [0.5, 0.6) is 0 Å². The molecule has 0 unspecified atom stereocenters. The molecule has 0 saturated carbocycles. The van der Waals surface area contributed by atoms with E-state index in [1.54, 1.807) is 0 Å². The second kappa shape index (κ2) is 8.86. The topological polar surface area (TPSA) is 38.8 Å². The molecule has 1 saturated heterocycles. The summed E-state index contributed by atoms with van der Waals surface area (Å²) in [6.07, 6.45) is 0.168. The van der Waals surface area contributed by atoms with Gasteiger partial charge in [-0.2, -0.15) is 0 Å². The van der Waals surface area contributed by atoms with Gasteiger partial charge in [-0.3, -0.25) is 4.90 Å². The van der Waals surface area contributed by atoms with Crippen molar-refractivity contribution in [3.63, 3.8) is 0 Å². The van der Waals surface area contributed by atoms with Gasteiger partial charge in [-0.25, -0.2) is 4.79 Å². The van der Waals surface area contributed by atoms with E-state index in [4.69, 9.17) is 9.47 Å². The second-order valence-electron chi connectivity index (χ2n) is 7.29. The zero-order valence-corrected chi connectivity index (χ0v) is 15.5. The molecule has 3 rings (SSSR count). The van der Waals surface area contributed by atoms with Crippen LogP contribution < -0.4 is 0 Å². The number of carbonyl (C=O) groups excluding carboxylic acids is 1. The van der Waals surface area contributed by atoms with Crippen LogP contribution in [0.2, 0.25) is 0 Å². The van der Waals surface area contributed by atoms with Crippen molar-refractivity contribution in [2.24, 2.45) is 5.92 Å². The lowest BCUT2D eigenvalue weighted by atomic mass is 9.96. The van der Waals surface area contributed by atoms with Gasteiger partial charge in [0.1, 0.15) is 6.61 Å². The van der Waals surface area contributed by atoms with Crippen LogP contribution in [-0.4, -0.2) is 29.8 Å². The van der Waals surface area contributed by atoms with Crippen LogP contribution in [0, 0.1) is 5.92 Å². The molecule has 1 heterocycles. The van der Waals surface area contributed by atoms with Crippen molar-refractivity contribution in [2.75, 3.05) is 6.61 Å². The largest absolute Gasteiger partial charge is 0.508 e. The number of hydrogen-bond donors (Lipinski definition) is 0. The highest BCUT2D eigenvalue weighted by molar-refractivity contribution is 5.62. The van der Waals surface area contributed by atoms with E-state index in [-0.39, 0.29) is 12.1 Å². The summed E-state index contributed by atoms with van der Waals surface area (Å²) < 4.78 is 10.6. The third-order valence-electron chi connectivity index (χ3n) is 4.68. The predicted octanol–water partition coefficient (Wildman–Crippen LogP) is 4.64. The molecule has 0 bridgehead atoms. The van der Waals surface area contributed by atoms with Gasteiger partial charge < -0.3 is 9.47 Å². The Kier molecular flexibility index (Phi) is 6.29. The van der Waals surface area contributed by atoms with Gasteiger partial charge >= 0.3 is 6.16 Å². The Morgan fingerprint density at radius 2 is 1.50 bits per heavy atom. The van der Waals surface area contributed by atoms with E-state index in [2.05, 4.69) is 67.3 Å². The van der Waals surface area contributed by atoms with Crippen molar-refractivity contribution in [3.05, 3.63) is 71.8 Å². The lowest BCUT2D eigenvalue weighted by molar-refractivity contribution is 0.0391. The van der Waals surface area contributed by atoms with Gasteiger partial charge in [-0.15, -0.1) is 0 Å². The number of rotatable bonds is 8. The molecule has 138 valence electrons. The molecular weight excluding hydrogens is 326 g/mol. The van der Waals surface area contributed by atoms with Crippen LogP contribution in [0.1, 0.15) is 31.4 Å². The van der Waals surface area contributed by atoms with Crippen LogP contribution in [-0.2, 0) is 22.6 Å². The molecule has 4 heteroatoms. The molecule has 26 heavy (non-hydrogen) atoms. The van der Waals surface area contributed by atoms with Crippen molar-refractivity contribution in [3.8, 4) is 0 Å². The molecule has 2 aromatic carbocycles. The zero-order valence-electron chi connectivity index (χ0n) is 15.5. The summed E-state index contributed by atoms with van der Waals surface area (Å²) in [6.45, 7) is 6.35. The molecule has 0 N–H and O–H groups in total. The summed E-state index contributed by atoms with van der Waals surface area (Å²) in [5.74, 6) is 0.494. The van der Waals surface area contributed by atoms with Gasteiger partial charge in [-0.1, -0.05) is 74.5 Å². The molecule has 2 aromatic rings. The highest BCUT2D eigenvalue weighted by Crippen LogP contribution is 2.25. The summed E-state index contributed by atoms with van der Waals surface area (Å²) in [5, 5.41) is 0. The summed E-state index contributed by atoms with van der Waals surface area (Å²) in [6, 6.07) is 21.0. The molecule has 4 nitrogen and oxygen atoms in total. The van der Waals surface area contributed by atoms with Gasteiger partial charge in [0.25, 0.3) is 0 Å². The van der Waals surface area contributed by atoms with E-state index in [1.807, 2.05) is 12.1 Å². The first-order valence-electron chi connectivity index (χ1n) is 9.27. The van der Waals surface area contributed by atoms with E-state index >= 15 is 0 Å². The Hall–Kier alpha value is -2.33. The molecule has 0 aromatic heterocycles. The van der Waals surface area contributed by atoms with Crippen molar-refractivity contribution in [1.82, 2.24) is 4.90 Å². The van der Waals surface area contributed by atoms with E-state index in [0.29, 0.717) is 12.5 Å². The maximum Gasteiger partial charge on any atom is 0.508 e. The molecule has 0 radical (unpaired) electrons. The first-order valence-corrected chi connectivity index (χ1v) is 9.27. The Balaban J connectivity index is 1.85. The van der Waals surface area contributed by atoms with Crippen molar-refractivity contribution < 1.29 is 14.3 Å². The number of benzene rings is 2. The minimum absolute atomic E-state index is 0.113. The van der Waals surface area contributed by atoms with Crippen LogP contribution in [0.3, 0.4) is 0 Å². The molecule has 1 fully saturated rings. The van der Waals surface area contributed by atoms with Gasteiger partial charge in [0.15, 0.2) is 6.10 Å². The first kappa shape index (κ1) is 18.5. The van der Waals surface area contributed by atoms with Crippen LogP contribution in [0.15, 0.2) is 60.7 Å². The molecule has 0 aliphatic carbocycles. The zero-order chi connectivity index (χ0) is 18.4. The van der Waals surface area contributed by atoms with E-state index in [0.717, 1.165) is 19.5 Å². The monoisotopic (exact) mass is 353 g/mol. The standard InChI is InChI=1S/C22H27NO3/c1-17(2)13-20(21-16-25-22(24)26-21)23(14-18-9-5-3-6-10-18)15-19-11-7-4-8-12-19/h3-12,17,20-21H,13-16H2,1-2H3/t20-,21-/m0/s1. The van der Waals surface area contributed by atoms with E-state index in [1.165, 1.54) is 11.1 Å². The predicted molar refractivity (Wildman–Crippen MR) is 102 cm³/mol. The number of cyclic esters (lactones) is 2. The minimum Gasteiger partial charge on any atom is -0.430 e. The highest BCUT2D eigenvalue weighted by atomic mass is 16.8. The quantitative estimate of drug-likeness (QED) is 0.648. The Morgan fingerprint density at radius 1 is 0.962 bits per heavy atom. The number of hydrogen-bond acceptors (Lipinski definition) is 4. The smallest absolute Gasteiger partial charge is 0.430 e. The maximum absolute atomic E-state index is 11.5. The van der Waals surface area contributed by atoms with Gasteiger partial charge in [-0.05, 0) is 23.5 Å². The fourth-order valence-electron chi connectivity index (χ4n) is 3.48. The van der Waals surface area contributed by atoms with Gasteiger partial charge in [0, 0.05) is 13.1 Å². The number of ether oxygens (including phenoxy) is 2. The maximum atomic E-state index is 11.5. The molecule has 0 amide bonds. The SMILES string of the molecule is CC(C)C[C@@H]([C@@H]1COC(=O)O1)N(Cc1ccccc1)Cc1ccccc1. The van der Waals surface area contributed by atoms with Crippen molar-refractivity contribution in [1.29, 1.82) is 0 Å². The summed E-state index contributed by atoms with van der Waals surface area (Å²) in [7, 11) is 0. The normalized spacial score (nSPS) is 18.0. The van der Waals surface area contributed by atoms with Crippen LogP contribution >= 0.6 is 0 Å². The average molecular weight is 353 g/mol. The van der Waals surface area contributed by atoms with E-state index < -0.39 is 6.16 Å². The number of carbonyl (C=O) groups is 1. The van der Waals surface area contributed by atoms with E-state index in [9.17, 15) is 4.79 Å². The van der Waals surface area contributed by atoms with Crippen molar-refractivity contribution >= 4 is 6.16 Å². The fraction of sp³-hybridized carbons (Fsp3) is 0.409. The third kappa shape index (κ3) is 5.09. The van der Waals surface area contributed by atoms with Crippen LogP contribution in [0.4, 0.5) is 4.79 Å². The highest BCUT2D eigenvalue weighted by Gasteiger charge is 2.36. The van der Waals surface area contributed by atoms with Gasteiger partial charge in [0.2, 0.25) is 0 Å². The van der Waals surface area contributed by atoms with Crippen molar-refractivity contribution in [2.45, 2.75) is 45.5 Å². The molecular formula is C22H27NO3.